The smallest absolute Gasteiger partial charge is 0.248 e. The van der Waals surface area contributed by atoms with Crippen LogP contribution in [0.25, 0.3) is 0 Å². The van der Waals surface area contributed by atoms with Crippen LogP contribution in [0.2, 0.25) is 0 Å². The molecule has 1 aromatic carbocycles. The van der Waals surface area contributed by atoms with Crippen molar-refractivity contribution in [2.45, 2.75) is 19.9 Å². The Bertz CT molecular complexity index is 522. The summed E-state index contributed by atoms with van der Waals surface area (Å²) in [5.74, 6) is 0.0231. The van der Waals surface area contributed by atoms with Crippen LogP contribution in [0.4, 0.5) is 5.69 Å². The minimum atomic E-state index is 0. The monoisotopic (exact) mass is 349 g/mol. The van der Waals surface area contributed by atoms with E-state index in [2.05, 4.69) is 5.10 Å². The lowest BCUT2D eigenvalue weighted by atomic mass is 10.2. The third-order valence-corrected chi connectivity index (χ3v) is 2.90. The van der Waals surface area contributed by atoms with Crippen LogP contribution in [0.5, 0.6) is 0 Å². The topological polar surface area (TPSA) is 35.9 Å². The first kappa shape index (κ1) is 17.2. The van der Waals surface area contributed by atoms with Gasteiger partial charge in [0.1, 0.15) is 6.54 Å². The van der Waals surface area contributed by atoms with Crippen LogP contribution < -0.4 is 4.90 Å². The van der Waals surface area contributed by atoms with Gasteiger partial charge in [0.15, 0.2) is 0 Å². The molecule has 0 atom stereocenters. The van der Waals surface area contributed by atoms with Crippen LogP contribution in [-0.2, 0) is 4.79 Å². The predicted octanol–water partition coefficient (Wildman–Crippen LogP) is 3.38. The molecule has 1 heterocycles. The van der Waals surface area contributed by atoms with Crippen molar-refractivity contribution in [1.82, 2.24) is 5.01 Å². The van der Waals surface area contributed by atoms with Gasteiger partial charge in [0, 0.05) is 24.1 Å². The van der Waals surface area contributed by atoms with E-state index in [9.17, 15) is 4.79 Å². The van der Waals surface area contributed by atoms with Gasteiger partial charge in [-0.1, -0.05) is 24.3 Å². The standard InChI is InChI=1S/C16H19N3O.BrH/c1-14(2)19(15-9-5-3-6-10-15)16(20)13-18-12-8-4-7-11-17-18;/h3-12,14H,13H2,1-2H3;1H. The van der Waals surface area contributed by atoms with E-state index in [1.54, 1.807) is 22.3 Å². The second-order valence-corrected chi connectivity index (χ2v) is 4.78. The summed E-state index contributed by atoms with van der Waals surface area (Å²) < 4.78 is 0. The Labute approximate surface area is 136 Å². The lowest BCUT2D eigenvalue weighted by Crippen LogP contribution is -2.41. The maximum Gasteiger partial charge on any atom is 0.248 e. The molecule has 1 aliphatic heterocycles. The molecule has 0 saturated carbocycles. The molecule has 112 valence electrons. The second kappa shape index (κ2) is 8.42. The van der Waals surface area contributed by atoms with Crippen molar-refractivity contribution in [1.29, 1.82) is 0 Å². The maximum atomic E-state index is 12.5. The van der Waals surface area contributed by atoms with E-state index in [1.807, 2.05) is 62.4 Å². The normalized spacial score (nSPS) is 13.0. The Kier molecular flexibility index (Phi) is 6.88. The quantitative estimate of drug-likeness (QED) is 0.835. The number of carbonyl (C=O) groups is 1. The van der Waals surface area contributed by atoms with Crippen LogP contribution in [0.3, 0.4) is 0 Å². The number of benzene rings is 1. The van der Waals surface area contributed by atoms with E-state index in [-0.39, 0.29) is 35.5 Å². The zero-order valence-electron chi connectivity index (χ0n) is 12.2. The fourth-order valence-electron chi connectivity index (χ4n) is 2.05. The Morgan fingerprint density at radius 2 is 1.90 bits per heavy atom. The highest BCUT2D eigenvalue weighted by Gasteiger charge is 2.20. The number of hydrazone groups is 1. The molecule has 1 aliphatic rings. The summed E-state index contributed by atoms with van der Waals surface area (Å²) in [5, 5.41) is 5.83. The van der Waals surface area contributed by atoms with Gasteiger partial charge in [-0.15, -0.1) is 17.0 Å². The van der Waals surface area contributed by atoms with Crippen LogP contribution in [0, 0.1) is 0 Å². The van der Waals surface area contributed by atoms with Gasteiger partial charge in [0.25, 0.3) is 0 Å². The van der Waals surface area contributed by atoms with E-state index < -0.39 is 0 Å². The van der Waals surface area contributed by atoms with Gasteiger partial charge >= 0.3 is 0 Å². The molecule has 0 radical (unpaired) electrons. The highest BCUT2D eigenvalue weighted by Crippen LogP contribution is 2.17. The molecule has 0 unspecified atom stereocenters. The summed E-state index contributed by atoms with van der Waals surface area (Å²) in [6.45, 7) is 4.24. The van der Waals surface area contributed by atoms with Gasteiger partial charge in [-0.3, -0.25) is 9.80 Å². The number of halogens is 1. The van der Waals surface area contributed by atoms with E-state index in [1.165, 1.54) is 0 Å². The summed E-state index contributed by atoms with van der Waals surface area (Å²) in [6, 6.07) is 9.81. The van der Waals surface area contributed by atoms with Gasteiger partial charge in [-0.25, -0.2) is 0 Å². The molecule has 0 N–H and O–H groups in total. The molecule has 1 amide bonds. The molecule has 0 bridgehead atoms. The third kappa shape index (κ3) is 4.86. The van der Waals surface area contributed by atoms with E-state index >= 15 is 0 Å². The highest BCUT2D eigenvalue weighted by molar-refractivity contribution is 8.93. The van der Waals surface area contributed by atoms with Crippen molar-refractivity contribution in [2.24, 2.45) is 5.10 Å². The summed E-state index contributed by atoms with van der Waals surface area (Å²) in [6.07, 6.45) is 9.04. The van der Waals surface area contributed by atoms with Gasteiger partial charge < -0.3 is 4.90 Å². The number of anilines is 1. The predicted molar refractivity (Wildman–Crippen MR) is 92.9 cm³/mol. The summed E-state index contributed by atoms with van der Waals surface area (Å²) in [4.78, 5) is 14.3. The molecule has 5 heteroatoms. The molecular weight excluding hydrogens is 330 g/mol. The number of hydrogen-bond donors (Lipinski definition) is 0. The van der Waals surface area contributed by atoms with Gasteiger partial charge in [-0.2, -0.15) is 5.10 Å². The van der Waals surface area contributed by atoms with Crippen molar-refractivity contribution < 1.29 is 4.79 Å². The second-order valence-electron chi connectivity index (χ2n) is 4.78. The van der Waals surface area contributed by atoms with Crippen molar-refractivity contribution in [2.75, 3.05) is 11.4 Å². The van der Waals surface area contributed by atoms with Crippen LogP contribution in [0.1, 0.15) is 13.8 Å². The summed E-state index contributed by atoms with van der Waals surface area (Å²) in [7, 11) is 0. The first-order valence-electron chi connectivity index (χ1n) is 6.69. The third-order valence-electron chi connectivity index (χ3n) is 2.90. The van der Waals surface area contributed by atoms with Crippen molar-refractivity contribution in [3.8, 4) is 0 Å². The highest BCUT2D eigenvalue weighted by atomic mass is 79.9. The molecule has 0 aromatic heterocycles. The molecule has 1 aromatic rings. The number of hydrogen-bond acceptors (Lipinski definition) is 3. The van der Waals surface area contributed by atoms with E-state index in [0.29, 0.717) is 0 Å². The fraction of sp³-hybridized carbons (Fsp3) is 0.250. The molecule has 0 aliphatic carbocycles. The van der Waals surface area contributed by atoms with Crippen LogP contribution >= 0.6 is 17.0 Å². The van der Waals surface area contributed by atoms with Crippen molar-refractivity contribution in [3.63, 3.8) is 0 Å². The first-order chi connectivity index (χ1) is 9.68. The lowest BCUT2D eigenvalue weighted by molar-refractivity contribution is -0.119. The zero-order valence-corrected chi connectivity index (χ0v) is 13.9. The minimum Gasteiger partial charge on any atom is -0.308 e. The molecular formula is C16H20BrN3O. The van der Waals surface area contributed by atoms with Crippen LogP contribution in [0.15, 0.2) is 59.9 Å². The average molecular weight is 350 g/mol. The van der Waals surface area contributed by atoms with Gasteiger partial charge in [0.2, 0.25) is 5.91 Å². The molecule has 2 rings (SSSR count). The molecule has 0 saturated heterocycles. The molecule has 4 nitrogen and oxygen atoms in total. The SMILES string of the molecule is Br.CC(C)N(C(=O)CN1C=CC=CC=N1)c1ccccc1. The molecule has 0 spiro atoms. The van der Waals surface area contributed by atoms with Crippen molar-refractivity contribution >= 4 is 34.8 Å². The summed E-state index contributed by atoms with van der Waals surface area (Å²) in [5.41, 5.74) is 0.911. The van der Waals surface area contributed by atoms with E-state index in [0.717, 1.165) is 5.69 Å². The molecule has 21 heavy (non-hydrogen) atoms. The lowest BCUT2D eigenvalue weighted by Gasteiger charge is -2.28. The number of allylic oxidation sites excluding steroid dienone is 3. The number of rotatable bonds is 4. The van der Waals surface area contributed by atoms with Crippen LogP contribution in [-0.4, -0.2) is 29.7 Å². The molecule has 0 fully saturated rings. The van der Waals surface area contributed by atoms with E-state index in [4.69, 9.17) is 0 Å². The Morgan fingerprint density at radius 1 is 1.19 bits per heavy atom. The van der Waals surface area contributed by atoms with Gasteiger partial charge in [0.05, 0.1) is 0 Å². The Hall–Kier alpha value is -1.88. The number of nitrogens with zero attached hydrogens (tertiary/aromatic N) is 3. The van der Waals surface area contributed by atoms with Crippen molar-refractivity contribution in [3.05, 3.63) is 54.8 Å². The number of carbonyl (C=O) groups excluding carboxylic acids is 1. The number of amides is 1. The van der Waals surface area contributed by atoms with Gasteiger partial charge in [-0.05, 0) is 38.1 Å². The zero-order chi connectivity index (χ0) is 14.4. The maximum absolute atomic E-state index is 12.5. The number of para-hydroxylation sites is 1. The Morgan fingerprint density at radius 3 is 2.57 bits per heavy atom. The Balaban J connectivity index is 0.00000220. The first-order valence-corrected chi connectivity index (χ1v) is 6.69. The summed E-state index contributed by atoms with van der Waals surface area (Å²) >= 11 is 0. The largest absolute Gasteiger partial charge is 0.308 e. The average Bonchev–Trinajstić information content (AvgIpc) is 2.68. The fourth-order valence-corrected chi connectivity index (χ4v) is 2.05. The minimum absolute atomic E-state index is 0.